The standard InChI is InChI=1S/C15H20N2O4/c1-3-4-5-8-11-20-14(18)16-17-15(19)21-13-10-7-6-9-12(13)2/h6-7,9-10H,3-5,8,11H2,1-2H3. The second-order valence-corrected chi connectivity index (χ2v) is 4.51. The summed E-state index contributed by atoms with van der Waals surface area (Å²) in [5.41, 5.74) is 0.791. The Balaban J connectivity index is 2.30. The molecule has 0 saturated carbocycles. The monoisotopic (exact) mass is 292 g/mol. The van der Waals surface area contributed by atoms with E-state index in [1.807, 2.05) is 6.07 Å². The van der Waals surface area contributed by atoms with Gasteiger partial charge in [-0.15, -0.1) is 0 Å². The summed E-state index contributed by atoms with van der Waals surface area (Å²) in [6.45, 7) is 4.18. The van der Waals surface area contributed by atoms with Crippen LogP contribution in [0.5, 0.6) is 5.75 Å². The van der Waals surface area contributed by atoms with Crippen molar-refractivity contribution in [2.45, 2.75) is 39.5 Å². The molecule has 0 spiro atoms. The van der Waals surface area contributed by atoms with Gasteiger partial charge < -0.3 is 9.47 Å². The Labute approximate surface area is 124 Å². The average molecular weight is 292 g/mol. The minimum atomic E-state index is -0.952. The summed E-state index contributed by atoms with van der Waals surface area (Å²) < 4.78 is 9.75. The molecule has 114 valence electrons. The fourth-order valence-corrected chi connectivity index (χ4v) is 1.58. The van der Waals surface area contributed by atoms with Crippen molar-refractivity contribution in [3.8, 4) is 5.75 Å². The summed E-state index contributed by atoms with van der Waals surface area (Å²) in [7, 11) is 0. The molecule has 6 nitrogen and oxygen atoms in total. The van der Waals surface area contributed by atoms with Gasteiger partial charge in [0.2, 0.25) is 0 Å². The zero-order chi connectivity index (χ0) is 15.5. The molecule has 21 heavy (non-hydrogen) atoms. The molecule has 1 aromatic carbocycles. The van der Waals surface area contributed by atoms with Gasteiger partial charge in [-0.25, -0.2) is 9.59 Å². The van der Waals surface area contributed by atoms with Crippen molar-refractivity contribution < 1.29 is 19.1 Å². The highest BCUT2D eigenvalue weighted by atomic mass is 16.6. The molecule has 0 aliphatic rings. The van der Waals surface area contributed by atoms with E-state index in [0.29, 0.717) is 5.75 Å². The number of ether oxygens (including phenoxy) is 2. The van der Waals surface area contributed by atoms with Crippen LogP contribution in [0.3, 0.4) is 0 Å². The van der Waals surface area contributed by atoms with Crippen LogP contribution in [0.25, 0.3) is 0 Å². The number of carbonyl (C=O) groups excluding carboxylic acids is 2. The summed E-state index contributed by atoms with van der Waals surface area (Å²) in [6.07, 6.45) is 2.15. The predicted molar refractivity (Wildman–Crippen MR) is 77.5 cm³/mol. The molecule has 0 bridgehead atoms. The highest BCUT2D eigenvalue weighted by Crippen LogP contribution is 2.16. The number of aryl methyl sites for hydroxylation is 1. The fraction of sp³-hybridized carbons (Fsp3) is 0.467. The number of amides is 2. The van der Waals surface area contributed by atoms with Gasteiger partial charge in [-0.1, -0.05) is 54.6 Å². The van der Waals surface area contributed by atoms with Crippen molar-refractivity contribution in [1.29, 1.82) is 0 Å². The van der Waals surface area contributed by atoms with E-state index in [4.69, 9.17) is 9.47 Å². The van der Waals surface area contributed by atoms with Gasteiger partial charge in [-0.2, -0.15) is 0 Å². The first-order valence-electron chi connectivity index (χ1n) is 6.99. The van der Waals surface area contributed by atoms with E-state index >= 15 is 0 Å². The van der Waals surface area contributed by atoms with Gasteiger partial charge in [0.25, 0.3) is 0 Å². The quantitative estimate of drug-likeness (QED) is 0.564. The third-order valence-corrected chi connectivity index (χ3v) is 2.73. The van der Waals surface area contributed by atoms with E-state index in [1.165, 1.54) is 0 Å². The Hall–Kier alpha value is -2.24. The topological polar surface area (TPSA) is 77.3 Å². The number of hydrogen-bond donors (Lipinski definition) is 0. The van der Waals surface area contributed by atoms with Crippen molar-refractivity contribution in [2.75, 3.05) is 6.61 Å². The maximum atomic E-state index is 11.4. The highest BCUT2D eigenvalue weighted by Gasteiger charge is 2.07. The lowest BCUT2D eigenvalue weighted by Crippen LogP contribution is -2.05. The minimum absolute atomic E-state index is 0.282. The lowest BCUT2D eigenvalue weighted by atomic mass is 10.2. The Kier molecular flexibility index (Phi) is 7.71. The molecule has 1 aromatic rings. The first-order valence-corrected chi connectivity index (χ1v) is 6.99. The molecule has 0 heterocycles. The van der Waals surface area contributed by atoms with Crippen LogP contribution in [0.15, 0.2) is 34.5 Å². The maximum absolute atomic E-state index is 11.4. The van der Waals surface area contributed by atoms with Crippen LogP contribution in [0.4, 0.5) is 9.59 Å². The van der Waals surface area contributed by atoms with Crippen LogP contribution < -0.4 is 4.74 Å². The lowest BCUT2D eigenvalue weighted by Gasteiger charge is -2.03. The molecule has 2 amide bonds. The SMILES string of the molecule is CCCCCCOC(=O)N=NC(=O)Oc1ccccc1C. The van der Waals surface area contributed by atoms with Crippen LogP contribution in [0.2, 0.25) is 0 Å². The number of carbonyl (C=O) groups is 2. The molecule has 0 saturated heterocycles. The minimum Gasteiger partial charge on any atom is -0.447 e. The number of para-hydroxylation sites is 1. The second kappa shape index (κ2) is 9.63. The number of rotatable bonds is 6. The predicted octanol–water partition coefficient (Wildman–Crippen LogP) is 4.66. The van der Waals surface area contributed by atoms with Gasteiger partial charge in [0.05, 0.1) is 6.61 Å². The maximum Gasteiger partial charge on any atom is 0.458 e. The van der Waals surface area contributed by atoms with Crippen molar-refractivity contribution in [2.24, 2.45) is 10.2 Å². The first kappa shape index (κ1) is 16.8. The highest BCUT2D eigenvalue weighted by molar-refractivity contribution is 5.74. The second-order valence-electron chi connectivity index (χ2n) is 4.51. The van der Waals surface area contributed by atoms with Gasteiger partial charge in [-0.05, 0) is 25.0 Å². The van der Waals surface area contributed by atoms with Gasteiger partial charge in [0.15, 0.2) is 0 Å². The molecule has 0 aromatic heterocycles. The molecule has 6 heteroatoms. The zero-order valence-electron chi connectivity index (χ0n) is 12.4. The number of benzene rings is 1. The van der Waals surface area contributed by atoms with E-state index in [1.54, 1.807) is 25.1 Å². The average Bonchev–Trinajstić information content (AvgIpc) is 2.47. The molecule has 0 fully saturated rings. The van der Waals surface area contributed by atoms with Gasteiger partial charge >= 0.3 is 12.2 Å². The van der Waals surface area contributed by atoms with Crippen LogP contribution in [0.1, 0.15) is 38.2 Å². The summed E-state index contributed by atoms with van der Waals surface area (Å²) in [4.78, 5) is 22.6. The number of unbranched alkanes of at least 4 members (excludes halogenated alkanes) is 3. The molecule has 0 atom stereocenters. The largest absolute Gasteiger partial charge is 0.458 e. The molecule has 0 N–H and O–H groups in total. The van der Waals surface area contributed by atoms with Crippen LogP contribution in [-0.2, 0) is 4.74 Å². The molecule has 0 aliphatic carbocycles. The van der Waals surface area contributed by atoms with Gasteiger partial charge in [0, 0.05) is 0 Å². The number of azo groups is 1. The summed E-state index contributed by atoms with van der Waals surface area (Å²) >= 11 is 0. The molecular weight excluding hydrogens is 272 g/mol. The van der Waals surface area contributed by atoms with Crippen molar-refractivity contribution in [1.82, 2.24) is 0 Å². The van der Waals surface area contributed by atoms with Gasteiger partial charge in [0.1, 0.15) is 5.75 Å². The van der Waals surface area contributed by atoms with Crippen LogP contribution in [0, 0.1) is 6.92 Å². The van der Waals surface area contributed by atoms with E-state index in [-0.39, 0.29) is 6.61 Å². The summed E-state index contributed by atoms with van der Waals surface area (Å²) in [5.74, 6) is 0.384. The van der Waals surface area contributed by atoms with Gasteiger partial charge in [-0.3, -0.25) is 0 Å². The Morgan fingerprint density at radius 3 is 2.48 bits per heavy atom. The number of hydrogen-bond acceptors (Lipinski definition) is 4. The van der Waals surface area contributed by atoms with Crippen LogP contribution >= 0.6 is 0 Å². The Bertz CT molecular complexity index is 500. The fourth-order valence-electron chi connectivity index (χ4n) is 1.58. The van der Waals surface area contributed by atoms with Crippen molar-refractivity contribution in [3.63, 3.8) is 0 Å². The first-order chi connectivity index (χ1) is 10.1. The molecule has 0 radical (unpaired) electrons. The van der Waals surface area contributed by atoms with E-state index in [2.05, 4.69) is 17.2 Å². The molecule has 0 aliphatic heterocycles. The van der Waals surface area contributed by atoms with Crippen LogP contribution in [-0.4, -0.2) is 18.8 Å². The normalized spacial score (nSPS) is 10.6. The summed E-state index contributed by atoms with van der Waals surface area (Å²) in [6, 6.07) is 6.99. The molecular formula is C15H20N2O4. The molecule has 1 rings (SSSR count). The lowest BCUT2D eigenvalue weighted by molar-refractivity contribution is 0.152. The van der Waals surface area contributed by atoms with E-state index < -0.39 is 12.2 Å². The Morgan fingerprint density at radius 1 is 1.05 bits per heavy atom. The van der Waals surface area contributed by atoms with Crippen molar-refractivity contribution >= 4 is 12.2 Å². The zero-order valence-corrected chi connectivity index (χ0v) is 12.4. The summed E-state index contributed by atoms with van der Waals surface area (Å²) in [5, 5.41) is 6.32. The Morgan fingerprint density at radius 2 is 1.76 bits per heavy atom. The van der Waals surface area contributed by atoms with Crippen molar-refractivity contribution in [3.05, 3.63) is 29.8 Å². The smallest absolute Gasteiger partial charge is 0.447 e. The third kappa shape index (κ3) is 7.20. The molecule has 0 unspecified atom stereocenters. The number of nitrogens with zero attached hydrogens (tertiary/aromatic N) is 2. The van der Waals surface area contributed by atoms with E-state index in [9.17, 15) is 9.59 Å². The van der Waals surface area contributed by atoms with E-state index in [0.717, 1.165) is 31.2 Å². The third-order valence-electron chi connectivity index (χ3n) is 2.73.